The highest BCUT2D eigenvalue weighted by Gasteiger charge is 2.16. The molecule has 0 bridgehead atoms. The highest BCUT2D eigenvalue weighted by Crippen LogP contribution is 2.26. The maximum atomic E-state index is 6.00. The number of rotatable bonds is 4. The smallest absolute Gasteiger partial charge is 0.0661 e. The summed E-state index contributed by atoms with van der Waals surface area (Å²) in [5.41, 5.74) is 11.1. The molecule has 0 saturated heterocycles. The second-order valence-electron chi connectivity index (χ2n) is 5.12. The highest BCUT2D eigenvalue weighted by molar-refractivity contribution is 5.48. The molecule has 1 atom stereocenters. The molecule has 2 nitrogen and oxygen atoms in total. The third kappa shape index (κ3) is 3.15. The number of benzene rings is 2. The van der Waals surface area contributed by atoms with Crippen LogP contribution in [0.15, 0.2) is 48.5 Å². The molecule has 0 aromatic heterocycles. The van der Waals surface area contributed by atoms with Gasteiger partial charge in [-0.15, -0.1) is 0 Å². The molecule has 100 valence electrons. The van der Waals surface area contributed by atoms with Crippen LogP contribution in [0.3, 0.4) is 0 Å². The molecule has 0 radical (unpaired) electrons. The van der Waals surface area contributed by atoms with Gasteiger partial charge in [-0.05, 0) is 31.5 Å². The monoisotopic (exact) mass is 254 g/mol. The Morgan fingerprint density at radius 3 is 2.11 bits per heavy atom. The molecular weight excluding hydrogens is 232 g/mol. The molecule has 0 fully saturated rings. The number of anilines is 1. The SMILES string of the molecule is Cc1cc(C)cc(C(CN)N(C)c2ccccc2)c1. The van der Waals surface area contributed by atoms with Gasteiger partial charge in [0.25, 0.3) is 0 Å². The van der Waals surface area contributed by atoms with Gasteiger partial charge in [0.1, 0.15) is 0 Å². The Morgan fingerprint density at radius 2 is 1.58 bits per heavy atom. The van der Waals surface area contributed by atoms with Gasteiger partial charge in [0, 0.05) is 19.3 Å². The first-order valence-corrected chi connectivity index (χ1v) is 6.68. The van der Waals surface area contributed by atoms with Gasteiger partial charge in [-0.2, -0.15) is 0 Å². The first-order chi connectivity index (χ1) is 9.11. The van der Waals surface area contributed by atoms with Crippen molar-refractivity contribution in [3.63, 3.8) is 0 Å². The van der Waals surface area contributed by atoms with E-state index in [2.05, 4.69) is 68.3 Å². The lowest BCUT2D eigenvalue weighted by atomic mass is 10.00. The van der Waals surface area contributed by atoms with E-state index in [1.807, 2.05) is 6.07 Å². The summed E-state index contributed by atoms with van der Waals surface area (Å²) in [6.45, 7) is 4.87. The summed E-state index contributed by atoms with van der Waals surface area (Å²) in [6, 6.07) is 17.2. The minimum absolute atomic E-state index is 0.209. The quantitative estimate of drug-likeness (QED) is 0.905. The summed E-state index contributed by atoms with van der Waals surface area (Å²) in [6.07, 6.45) is 0. The Balaban J connectivity index is 2.34. The molecule has 0 aliphatic rings. The van der Waals surface area contributed by atoms with Crippen LogP contribution in [0.25, 0.3) is 0 Å². The number of aryl methyl sites for hydroxylation is 2. The number of hydrogen-bond acceptors (Lipinski definition) is 2. The van der Waals surface area contributed by atoms with E-state index in [0.29, 0.717) is 6.54 Å². The largest absolute Gasteiger partial charge is 0.366 e. The van der Waals surface area contributed by atoms with Crippen molar-refractivity contribution in [1.29, 1.82) is 0 Å². The van der Waals surface area contributed by atoms with E-state index in [0.717, 1.165) is 0 Å². The molecule has 1 unspecified atom stereocenters. The lowest BCUT2D eigenvalue weighted by Crippen LogP contribution is -2.30. The van der Waals surface area contributed by atoms with Crippen molar-refractivity contribution in [3.8, 4) is 0 Å². The van der Waals surface area contributed by atoms with Crippen LogP contribution in [0.2, 0.25) is 0 Å². The van der Waals surface area contributed by atoms with Gasteiger partial charge in [0.05, 0.1) is 6.04 Å². The fourth-order valence-corrected chi connectivity index (χ4v) is 2.56. The summed E-state index contributed by atoms with van der Waals surface area (Å²) in [5.74, 6) is 0. The van der Waals surface area contributed by atoms with Crippen LogP contribution in [0.4, 0.5) is 5.69 Å². The third-order valence-corrected chi connectivity index (χ3v) is 3.48. The third-order valence-electron chi connectivity index (χ3n) is 3.48. The van der Waals surface area contributed by atoms with Crippen LogP contribution in [0.1, 0.15) is 22.7 Å². The summed E-state index contributed by atoms with van der Waals surface area (Å²) < 4.78 is 0. The van der Waals surface area contributed by atoms with Gasteiger partial charge in [0.15, 0.2) is 0 Å². The normalized spacial score (nSPS) is 12.2. The molecule has 0 amide bonds. The number of likely N-dealkylation sites (N-methyl/N-ethyl adjacent to an activating group) is 1. The van der Waals surface area contributed by atoms with Crippen molar-refractivity contribution in [2.75, 3.05) is 18.5 Å². The second kappa shape index (κ2) is 5.89. The predicted octanol–water partition coefficient (Wildman–Crippen LogP) is 3.44. The summed E-state index contributed by atoms with van der Waals surface area (Å²) in [5, 5.41) is 0. The van der Waals surface area contributed by atoms with E-state index in [9.17, 15) is 0 Å². The Bertz CT molecular complexity index is 514. The first kappa shape index (κ1) is 13.6. The van der Waals surface area contributed by atoms with E-state index < -0.39 is 0 Å². The molecule has 0 spiro atoms. The van der Waals surface area contributed by atoms with Crippen LogP contribution in [-0.4, -0.2) is 13.6 Å². The van der Waals surface area contributed by atoms with Crippen LogP contribution in [0, 0.1) is 13.8 Å². The van der Waals surface area contributed by atoms with Crippen molar-refractivity contribution < 1.29 is 0 Å². The van der Waals surface area contributed by atoms with Crippen LogP contribution < -0.4 is 10.6 Å². The first-order valence-electron chi connectivity index (χ1n) is 6.68. The van der Waals surface area contributed by atoms with Crippen molar-refractivity contribution in [3.05, 3.63) is 65.2 Å². The summed E-state index contributed by atoms with van der Waals surface area (Å²) in [4.78, 5) is 2.24. The van der Waals surface area contributed by atoms with E-state index in [1.54, 1.807) is 0 Å². The fraction of sp³-hybridized carbons (Fsp3) is 0.294. The summed E-state index contributed by atoms with van der Waals surface area (Å²) in [7, 11) is 2.10. The van der Waals surface area contributed by atoms with Crippen molar-refractivity contribution in [2.24, 2.45) is 5.73 Å². The molecule has 2 rings (SSSR count). The molecule has 0 heterocycles. The van der Waals surface area contributed by atoms with E-state index in [1.165, 1.54) is 22.4 Å². The van der Waals surface area contributed by atoms with E-state index in [-0.39, 0.29) is 6.04 Å². The van der Waals surface area contributed by atoms with Gasteiger partial charge in [0.2, 0.25) is 0 Å². The Labute approximate surface area is 115 Å². The maximum Gasteiger partial charge on any atom is 0.0661 e. The van der Waals surface area contributed by atoms with Crippen molar-refractivity contribution in [1.82, 2.24) is 0 Å². The average molecular weight is 254 g/mol. The second-order valence-corrected chi connectivity index (χ2v) is 5.12. The van der Waals surface area contributed by atoms with Crippen LogP contribution in [0.5, 0.6) is 0 Å². The highest BCUT2D eigenvalue weighted by atomic mass is 15.1. The number of hydrogen-bond donors (Lipinski definition) is 1. The molecule has 19 heavy (non-hydrogen) atoms. The van der Waals surface area contributed by atoms with Gasteiger partial charge >= 0.3 is 0 Å². The number of para-hydroxylation sites is 1. The van der Waals surface area contributed by atoms with Crippen LogP contribution >= 0.6 is 0 Å². The molecule has 0 aliphatic carbocycles. The van der Waals surface area contributed by atoms with Gasteiger partial charge in [-0.1, -0.05) is 47.5 Å². The van der Waals surface area contributed by atoms with E-state index >= 15 is 0 Å². The lowest BCUT2D eigenvalue weighted by Gasteiger charge is -2.30. The molecule has 2 N–H and O–H groups in total. The molecule has 2 heteroatoms. The fourth-order valence-electron chi connectivity index (χ4n) is 2.56. The predicted molar refractivity (Wildman–Crippen MR) is 82.6 cm³/mol. The molecule has 2 aromatic carbocycles. The Kier molecular flexibility index (Phi) is 4.23. The van der Waals surface area contributed by atoms with Crippen LogP contribution in [-0.2, 0) is 0 Å². The van der Waals surface area contributed by atoms with Gasteiger partial charge in [-0.25, -0.2) is 0 Å². The number of nitrogens with zero attached hydrogens (tertiary/aromatic N) is 1. The lowest BCUT2D eigenvalue weighted by molar-refractivity contribution is 0.679. The average Bonchev–Trinajstić information content (AvgIpc) is 2.39. The maximum absolute atomic E-state index is 6.00. The van der Waals surface area contributed by atoms with E-state index in [4.69, 9.17) is 5.73 Å². The van der Waals surface area contributed by atoms with Gasteiger partial charge in [-0.3, -0.25) is 0 Å². The Morgan fingerprint density at radius 1 is 1.00 bits per heavy atom. The topological polar surface area (TPSA) is 29.3 Å². The minimum Gasteiger partial charge on any atom is -0.366 e. The zero-order valence-electron chi connectivity index (χ0n) is 11.9. The minimum atomic E-state index is 0.209. The van der Waals surface area contributed by atoms with Crippen molar-refractivity contribution in [2.45, 2.75) is 19.9 Å². The number of nitrogens with two attached hydrogens (primary N) is 1. The summed E-state index contributed by atoms with van der Waals surface area (Å²) >= 11 is 0. The zero-order chi connectivity index (χ0) is 13.8. The molecule has 0 aliphatic heterocycles. The van der Waals surface area contributed by atoms with Crippen molar-refractivity contribution >= 4 is 5.69 Å². The molecule has 0 saturated carbocycles. The standard InChI is InChI=1S/C17H22N2/c1-13-9-14(2)11-15(10-13)17(12-18)19(3)16-7-5-4-6-8-16/h4-11,17H,12,18H2,1-3H3. The zero-order valence-corrected chi connectivity index (χ0v) is 11.9. The molecular formula is C17H22N2. The molecule has 2 aromatic rings. The van der Waals surface area contributed by atoms with Gasteiger partial charge < -0.3 is 10.6 Å². The Hall–Kier alpha value is -1.80.